The van der Waals surface area contributed by atoms with Gasteiger partial charge in [0.2, 0.25) is 0 Å². The summed E-state index contributed by atoms with van der Waals surface area (Å²) in [6.07, 6.45) is 4.61. The molecule has 86 valence electrons. The van der Waals surface area contributed by atoms with Crippen LogP contribution < -0.4 is 0 Å². The third-order valence-corrected chi connectivity index (χ3v) is 3.32. The Kier molecular flexibility index (Phi) is 2.63. The molecule has 3 aromatic heterocycles. The molecule has 3 rings (SSSR count). The van der Waals surface area contributed by atoms with Gasteiger partial charge in [-0.25, -0.2) is 19.9 Å². The standard InChI is InChI=1S/C11H6N6S/c12-4-7-8(2-1-3-13-7)18-11-9-10(15-5-14-9)16-6-17-11/h1-3,5-6H,(H,14,15,16,17). The van der Waals surface area contributed by atoms with Crippen LogP contribution in [-0.4, -0.2) is 24.9 Å². The third-order valence-electron chi connectivity index (χ3n) is 2.27. The Hall–Kier alpha value is -2.46. The lowest BCUT2D eigenvalue weighted by Gasteiger charge is -2.02. The van der Waals surface area contributed by atoms with Crippen molar-refractivity contribution >= 4 is 22.9 Å². The van der Waals surface area contributed by atoms with Gasteiger partial charge in [-0.05, 0) is 12.1 Å². The van der Waals surface area contributed by atoms with Crippen LogP contribution in [0.3, 0.4) is 0 Å². The summed E-state index contributed by atoms with van der Waals surface area (Å²) >= 11 is 1.37. The molecule has 0 radical (unpaired) electrons. The van der Waals surface area contributed by atoms with E-state index in [2.05, 4.69) is 31.0 Å². The van der Waals surface area contributed by atoms with E-state index in [1.807, 2.05) is 6.07 Å². The molecule has 0 aliphatic rings. The van der Waals surface area contributed by atoms with Crippen molar-refractivity contribution in [1.29, 1.82) is 5.26 Å². The number of pyridine rings is 1. The van der Waals surface area contributed by atoms with E-state index in [0.717, 1.165) is 15.4 Å². The highest BCUT2D eigenvalue weighted by Crippen LogP contribution is 2.30. The van der Waals surface area contributed by atoms with Gasteiger partial charge in [-0.3, -0.25) is 0 Å². The van der Waals surface area contributed by atoms with E-state index >= 15 is 0 Å². The lowest BCUT2D eigenvalue weighted by atomic mass is 10.4. The summed E-state index contributed by atoms with van der Waals surface area (Å²) < 4.78 is 0. The van der Waals surface area contributed by atoms with Crippen LogP contribution >= 0.6 is 11.8 Å². The molecule has 0 aliphatic heterocycles. The summed E-state index contributed by atoms with van der Waals surface area (Å²) in [5, 5.41) is 9.72. The molecule has 0 unspecified atom stereocenters. The van der Waals surface area contributed by atoms with Crippen molar-refractivity contribution in [2.24, 2.45) is 0 Å². The van der Waals surface area contributed by atoms with Gasteiger partial charge in [0, 0.05) is 6.20 Å². The topological polar surface area (TPSA) is 91.1 Å². The molecule has 0 saturated heterocycles. The Balaban J connectivity index is 2.07. The van der Waals surface area contributed by atoms with E-state index in [4.69, 9.17) is 5.26 Å². The minimum absolute atomic E-state index is 0.383. The second-order valence-electron chi connectivity index (χ2n) is 3.34. The predicted octanol–water partition coefficient (Wildman–Crippen LogP) is 1.77. The monoisotopic (exact) mass is 254 g/mol. The van der Waals surface area contributed by atoms with Gasteiger partial charge in [-0.1, -0.05) is 11.8 Å². The number of hydrogen-bond donors (Lipinski definition) is 1. The number of nitriles is 1. The zero-order valence-corrected chi connectivity index (χ0v) is 9.85. The largest absolute Gasteiger partial charge is 0.341 e. The highest BCUT2D eigenvalue weighted by Gasteiger charge is 2.10. The maximum atomic E-state index is 8.99. The van der Waals surface area contributed by atoms with Gasteiger partial charge < -0.3 is 4.98 Å². The molecule has 0 atom stereocenters. The second kappa shape index (κ2) is 4.43. The molecule has 0 aliphatic carbocycles. The average molecular weight is 254 g/mol. The van der Waals surface area contributed by atoms with Crippen molar-refractivity contribution < 1.29 is 0 Å². The maximum Gasteiger partial charge on any atom is 0.181 e. The first-order valence-electron chi connectivity index (χ1n) is 5.05. The van der Waals surface area contributed by atoms with Gasteiger partial charge in [0.1, 0.15) is 22.9 Å². The highest BCUT2D eigenvalue weighted by molar-refractivity contribution is 7.99. The maximum absolute atomic E-state index is 8.99. The van der Waals surface area contributed by atoms with Crippen molar-refractivity contribution in [2.45, 2.75) is 9.92 Å². The van der Waals surface area contributed by atoms with Crippen molar-refractivity contribution in [3.63, 3.8) is 0 Å². The van der Waals surface area contributed by atoms with E-state index in [1.54, 1.807) is 18.6 Å². The first-order valence-corrected chi connectivity index (χ1v) is 5.87. The molecule has 6 nitrogen and oxygen atoms in total. The first kappa shape index (κ1) is 10.7. The summed E-state index contributed by atoms with van der Waals surface area (Å²) in [5.74, 6) is 0. The Labute approximate surface area is 106 Å². The number of nitrogens with zero attached hydrogens (tertiary/aromatic N) is 5. The molecular weight excluding hydrogens is 248 g/mol. The van der Waals surface area contributed by atoms with Crippen molar-refractivity contribution in [3.05, 3.63) is 36.7 Å². The van der Waals surface area contributed by atoms with Gasteiger partial charge in [0.15, 0.2) is 11.3 Å². The summed E-state index contributed by atoms with van der Waals surface area (Å²) in [5.41, 5.74) is 1.75. The van der Waals surface area contributed by atoms with Crippen molar-refractivity contribution in [3.8, 4) is 6.07 Å². The number of fused-ring (bicyclic) bond motifs is 1. The van der Waals surface area contributed by atoms with Crippen molar-refractivity contribution in [1.82, 2.24) is 24.9 Å². The van der Waals surface area contributed by atoms with Crippen LogP contribution in [0.15, 0.2) is 40.9 Å². The number of aromatic nitrogens is 5. The first-order chi connectivity index (χ1) is 8.88. The van der Waals surface area contributed by atoms with E-state index in [0.29, 0.717) is 11.3 Å². The number of aromatic amines is 1. The number of nitrogens with one attached hydrogen (secondary N) is 1. The molecular formula is C11H6N6S. The summed E-state index contributed by atoms with van der Waals surface area (Å²) in [6, 6.07) is 5.68. The van der Waals surface area contributed by atoms with Gasteiger partial charge in [-0.2, -0.15) is 5.26 Å². The van der Waals surface area contributed by atoms with Gasteiger partial charge >= 0.3 is 0 Å². The molecule has 0 saturated carbocycles. The molecule has 18 heavy (non-hydrogen) atoms. The molecule has 0 fully saturated rings. The Morgan fingerprint density at radius 1 is 1.22 bits per heavy atom. The normalized spacial score (nSPS) is 10.4. The second-order valence-corrected chi connectivity index (χ2v) is 4.37. The number of imidazole rings is 1. The molecule has 1 N–H and O–H groups in total. The lowest BCUT2D eigenvalue weighted by molar-refractivity contribution is 1.08. The lowest BCUT2D eigenvalue weighted by Crippen LogP contribution is -1.89. The smallest absolute Gasteiger partial charge is 0.181 e. The Morgan fingerprint density at radius 3 is 3.06 bits per heavy atom. The minimum Gasteiger partial charge on any atom is -0.341 e. The van der Waals surface area contributed by atoms with Crippen LogP contribution in [-0.2, 0) is 0 Å². The van der Waals surface area contributed by atoms with Gasteiger partial charge in [0.25, 0.3) is 0 Å². The molecule has 7 heteroatoms. The molecule has 0 bridgehead atoms. The summed E-state index contributed by atoms with van der Waals surface area (Å²) in [6.45, 7) is 0. The van der Waals surface area contributed by atoms with Crippen LogP contribution in [0, 0.1) is 11.3 Å². The van der Waals surface area contributed by atoms with E-state index < -0.39 is 0 Å². The quantitative estimate of drug-likeness (QED) is 0.701. The van der Waals surface area contributed by atoms with Gasteiger partial charge in [-0.15, -0.1) is 0 Å². The molecule has 0 amide bonds. The third kappa shape index (κ3) is 1.78. The fraction of sp³-hybridized carbons (Fsp3) is 0. The molecule has 0 aromatic carbocycles. The van der Waals surface area contributed by atoms with E-state index in [-0.39, 0.29) is 0 Å². The zero-order chi connectivity index (χ0) is 12.4. The van der Waals surface area contributed by atoms with E-state index in [9.17, 15) is 0 Å². The van der Waals surface area contributed by atoms with Crippen LogP contribution in [0.25, 0.3) is 11.2 Å². The van der Waals surface area contributed by atoms with Crippen LogP contribution in [0.5, 0.6) is 0 Å². The number of hydrogen-bond acceptors (Lipinski definition) is 6. The molecule has 0 spiro atoms. The zero-order valence-electron chi connectivity index (χ0n) is 9.03. The van der Waals surface area contributed by atoms with Crippen LogP contribution in [0.2, 0.25) is 0 Å². The fourth-order valence-corrected chi connectivity index (χ4v) is 2.38. The number of rotatable bonds is 2. The molecule has 3 heterocycles. The number of H-pyrrole nitrogens is 1. The summed E-state index contributed by atoms with van der Waals surface area (Å²) in [7, 11) is 0. The Morgan fingerprint density at radius 2 is 2.17 bits per heavy atom. The van der Waals surface area contributed by atoms with Crippen LogP contribution in [0.1, 0.15) is 5.69 Å². The van der Waals surface area contributed by atoms with Crippen molar-refractivity contribution in [2.75, 3.05) is 0 Å². The Bertz CT molecular complexity index is 744. The molecule has 3 aromatic rings. The SMILES string of the molecule is N#Cc1ncccc1Sc1ncnc2nc[nH]c12. The fourth-order valence-electron chi connectivity index (χ4n) is 1.48. The van der Waals surface area contributed by atoms with Crippen LogP contribution in [0.4, 0.5) is 0 Å². The predicted molar refractivity (Wildman–Crippen MR) is 64.8 cm³/mol. The highest BCUT2D eigenvalue weighted by atomic mass is 32.2. The minimum atomic E-state index is 0.383. The average Bonchev–Trinajstić information content (AvgIpc) is 2.89. The van der Waals surface area contributed by atoms with Gasteiger partial charge in [0.05, 0.1) is 11.2 Å². The summed E-state index contributed by atoms with van der Waals surface area (Å²) in [4.78, 5) is 20.0. The van der Waals surface area contributed by atoms with E-state index in [1.165, 1.54) is 18.1 Å².